The van der Waals surface area contributed by atoms with Crippen molar-refractivity contribution in [2.45, 2.75) is 18.9 Å². The van der Waals surface area contributed by atoms with Crippen molar-refractivity contribution in [2.75, 3.05) is 39.5 Å². The van der Waals surface area contributed by atoms with E-state index in [1.807, 2.05) is 44.4 Å². The Labute approximate surface area is 127 Å². The molecule has 1 aliphatic heterocycles. The Morgan fingerprint density at radius 2 is 2.00 bits per heavy atom. The zero-order valence-corrected chi connectivity index (χ0v) is 13.6. The molecule has 1 aromatic carbocycles. The highest BCUT2D eigenvalue weighted by Gasteiger charge is 2.29. The van der Waals surface area contributed by atoms with Gasteiger partial charge in [-0.3, -0.25) is 0 Å². The monoisotopic (exact) mass is 312 g/mol. The predicted molar refractivity (Wildman–Crippen MR) is 84.0 cm³/mol. The minimum atomic E-state index is -3.24. The van der Waals surface area contributed by atoms with Crippen LogP contribution in [0.1, 0.15) is 12.8 Å². The number of sulfonamides is 1. The van der Waals surface area contributed by atoms with E-state index >= 15 is 0 Å². The van der Waals surface area contributed by atoms with Gasteiger partial charge < -0.3 is 9.64 Å². The topological polar surface area (TPSA) is 49.9 Å². The maximum Gasteiger partial charge on any atom is 0.217 e. The Morgan fingerprint density at radius 3 is 2.67 bits per heavy atom. The Morgan fingerprint density at radius 1 is 1.29 bits per heavy atom. The first-order valence-electron chi connectivity index (χ1n) is 7.31. The Bertz CT molecular complexity index is 531. The van der Waals surface area contributed by atoms with Crippen LogP contribution in [0.2, 0.25) is 0 Å². The van der Waals surface area contributed by atoms with E-state index < -0.39 is 10.0 Å². The number of piperidine rings is 1. The largest absolute Gasteiger partial charge is 0.492 e. The van der Waals surface area contributed by atoms with E-state index in [0.29, 0.717) is 24.9 Å². The molecule has 0 aliphatic carbocycles. The summed E-state index contributed by atoms with van der Waals surface area (Å²) < 4.78 is 31.8. The maximum absolute atomic E-state index is 12.4. The van der Waals surface area contributed by atoms with Crippen LogP contribution in [0.4, 0.5) is 0 Å². The van der Waals surface area contributed by atoms with Gasteiger partial charge >= 0.3 is 0 Å². The maximum atomic E-state index is 12.4. The number of likely N-dealkylation sites (N-methyl/N-ethyl adjacent to an activating group) is 1. The van der Waals surface area contributed by atoms with Gasteiger partial charge in [0.15, 0.2) is 0 Å². The molecular weight excluding hydrogens is 288 g/mol. The Balaban J connectivity index is 1.86. The number of hydrogen-bond acceptors (Lipinski definition) is 4. The van der Waals surface area contributed by atoms with E-state index in [0.717, 1.165) is 12.8 Å². The normalized spacial score (nSPS) is 20.6. The number of rotatable bonds is 6. The summed E-state index contributed by atoms with van der Waals surface area (Å²) in [4.78, 5) is 2.10. The van der Waals surface area contributed by atoms with Crippen LogP contribution in [0.25, 0.3) is 0 Å². The van der Waals surface area contributed by atoms with Crippen LogP contribution in [0.15, 0.2) is 30.3 Å². The van der Waals surface area contributed by atoms with Gasteiger partial charge in [0.05, 0.1) is 5.75 Å². The van der Waals surface area contributed by atoms with Gasteiger partial charge in [0.25, 0.3) is 0 Å². The van der Waals surface area contributed by atoms with Gasteiger partial charge in [0.2, 0.25) is 10.0 Å². The molecule has 1 fully saturated rings. The molecule has 1 atom stereocenters. The van der Waals surface area contributed by atoms with Crippen molar-refractivity contribution in [1.29, 1.82) is 0 Å². The zero-order valence-electron chi connectivity index (χ0n) is 12.7. The third-order valence-electron chi connectivity index (χ3n) is 3.84. The van der Waals surface area contributed by atoms with Crippen LogP contribution >= 0.6 is 0 Å². The zero-order chi connectivity index (χ0) is 15.3. The molecule has 1 aromatic rings. The van der Waals surface area contributed by atoms with Crippen molar-refractivity contribution >= 4 is 10.0 Å². The molecule has 0 amide bonds. The van der Waals surface area contributed by atoms with Crippen molar-refractivity contribution < 1.29 is 13.2 Å². The molecule has 1 heterocycles. The molecule has 1 saturated heterocycles. The smallest absolute Gasteiger partial charge is 0.217 e. The van der Waals surface area contributed by atoms with E-state index in [1.165, 1.54) is 0 Å². The van der Waals surface area contributed by atoms with Crippen molar-refractivity contribution in [2.24, 2.45) is 0 Å². The van der Waals surface area contributed by atoms with Crippen LogP contribution in [0.3, 0.4) is 0 Å². The summed E-state index contributed by atoms with van der Waals surface area (Å²) >= 11 is 0. The molecule has 1 aliphatic rings. The van der Waals surface area contributed by atoms with Gasteiger partial charge in [0.1, 0.15) is 12.4 Å². The van der Waals surface area contributed by atoms with Gasteiger partial charge in [-0.1, -0.05) is 18.2 Å². The van der Waals surface area contributed by atoms with Crippen molar-refractivity contribution in [3.63, 3.8) is 0 Å². The molecule has 21 heavy (non-hydrogen) atoms. The number of hydrogen-bond donors (Lipinski definition) is 0. The summed E-state index contributed by atoms with van der Waals surface area (Å²) in [7, 11) is 0.760. The minimum absolute atomic E-state index is 0.0298. The second-order valence-corrected chi connectivity index (χ2v) is 7.68. The lowest BCUT2D eigenvalue weighted by atomic mass is 10.1. The number of nitrogens with zero attached hydrogens (tertiary/aromatic N) is 2. The first-order valence-corrected chi connectivity index (χ1v) is 8.92. The molecule has 118 valence electrons. The van der Waals surface area contributed by atoms with Gasteiger partial charge in [-0.05, 0) is 39.1 Å². The Kier molecular flexibility index (Phi) is 5.61. The first-order chi connectivity index (χ1) is 9.99. The SMILES string of the molecule is CN(C)[C@H]1CCCN(S(=O)(=O)CCOc2ccccc2)C1. The second-order valence-electron chi connectivity index (χ2n) is 5.60. The summed E-state index contributed by atoms with van der Waals surface area (Å²) in [5.41, 5.74) is 0. The highest BCUT2D eigenvalue weighted by Crippen LogP contribution is 2.17. The molecule has 0 unspecified atom stereocenters. The second kappa shape index (κ2) is 7.24. The molecule has 0 aromatic heterocycles. The highest BCUT2D eigenvalue weighted by atomic mass is 32.2. The van der Waals surface area contributed by atoms with Crippen LogP contribution in [-0.2, 0) is 10.0 Å². The Hall–Kier alpha value is -1.11. The first kappa shape index (κ1) is 16.3. The third kappa shape index (κ3) is 4.69. The summed E-state index contributed by atoms with van der Waals surface area (Å²) in [6.07, 6.45) is 1.97. The third-order valence-corrected chi connectivity index (χ3v) is 5.64. The van der Waals surface area contributed by atoms with Gasteiger partial charge in [-0.2, -0.15) is 0 Å². The number of para-hydroxylation sites is 1. The fourth-order valence-corrected chi connectivity index (χ4v) is 3.86. The van der Waals surface area contributed by atoms with E-state index in [1.54, 1.807) is 4.31 Å². The number of benzene rings is 1. The molecule has 0 spiro atoms. The fraction of sp³-hybridized carbons (Fsp3) is 0.600. The van der Waals surface area contributed by atoms with Gasteiger partial charge in [-0.25, -0.2) is 12.7 Å². The average Bonchev–Trinajstić information content (AvgIpc) is 2.48. The van der Waals surface area contributed by atoms with Crippen LogP contribution in [0, 0.1) is 0 Å². The molecule has 6 heteroatoms. The van der Waals surface area contributed by atoms with Crippen molar-refractivity contribution in [3.05, 3.63) is 30.3 Å². The van der Waals surface area contributed by atoms with Crippen molar-refractivity contribution in [1.82, 2.24) is 9.21 Å². The molecule has 5 nitrogen and oxygen atoms in total. The molecule has 0 bridgehead atoms. The van der Waals surface area contributed by atoms with Crippen LogP contribution in [-0.4, -0.2) is 63.2 Å². The molecule has 2 rings (SSSR count). The summed E-state index contributed by atoms with van der Waals surface area (Å²) in [6.45, 7) is 1.40. The fourth-order valence-electron chi connectivity index (χ4n) is 2.51. The summed E-state index contributed by atoms with van der Waals surface area (Å²) in [5.74, 6) is 0.736. The summed E-state index contributed by atoms with van der Waals surface area (Å²) in [5, 5.41) is 0. The highest BCUT2D eigenvalue weighted by molar-refractivity contribution is 7.89. The molecular formula is C15H24N2O3S. The standard InChI is InChI=1S/C15H24N2O3S/c1-16(2)14-7-6-10-17(13-14)21(18,19)12-11-20-15-8-4-3-5-9-15/h3-5,8-9,14H,6-7,10-13H2,1-2H3/t14-/m0/s1. The van der Waals surface area contributed by atoms with Crippen LogP contribution in [0.5, 0.6) is 5.75 Å². The average molecular weight is 312 g/mol. The number of ether oxygens (including phenoxy) is 1. The lowest BCUT2D eigenvalue weighted by Gasteiger charge is -2.35. The summed E-state index contributed by atoms with van der Waals surface area (Å²) in [6, 6.07) is 9.61. The molecule has 0 radical (unpaired) electrons. The minimum Gasteiger partial charge on any atom is -0.492 e. The van der Waals surface area contributed by atoms with Gasteiger partial charge in [-0.15, -0.1) is 0 Å². The van der Waals surface area contributed by atoms with E-state index in [4.69, 9.17) is 4.74 Å². The molecule has 0 N–H and O–H groups in total. The lowest BCUT2D eigenvalue weighted by molar-refractivity contribution is 0.189. The molecule has 0 saturated carbocycles. The van der Waals surface area contributed by atoms with Gasteiger partial charge in [0, 0.05) is 19.1 Å². The van der Waals surface area contributed by atoms with E-state index in [2.05, 4.69) is 4.90 Å². The quantitative estimate of drug-likeness (QED) is 0.797. The van der Waals surface area contributed by atoms with E-state index in [-0.39, 0.29) is 12.4 Å². The van der Waals surface area contributed by atoms with Crippen molar-refractivity contribution in [3.8, 4) is 5.75 Å². The van der Waals surface area contributed by atoms with Crippen LogP contribution < -0.4 is 4.74 Å². The lowest BCUT2D eigenvalue weighted by Crippen LogP contribution is -2.48. The predicted octanol–water partition coefficient (Wildman–Crippen LogP) is 1.42. The van der Waals surface area contributed by atoms with E-state index in [9.17, 15) is 8.42 Å².